The third-order valence-electron chi connectivity index (χ3n) is 6.70. The maximum atomic E-state index is 2.25. The number of rotatable bonds is 4. The monoisotopic (exact) mass is 488 g/mol. The summed E-state index contributed by atoms with van der Waals surface area (Å²) in [4.78, 5) is 0. The van der Waals surface area contributed by atoms with Crippen molar-refractivity contribution in [2.75, 3.05) is 0 Å². The van der Waals surface area contributed by atoms with Crippen molar-refractivity contribution in [3.63, 3.8) is 0 Å². The quantitative estimate of drug-likeness (QED) is 0.231. The van der Waals surface area contributed by atoms with Crippen molar-refractivity contribution in [3.05, 3.63) is 169 Å². The molecule has 6 rings (SSSR count). The van der Waals surface area contributed by atoms with Crippen molar-refractivity contribution in [1.29, 1.82) is 0 Å². The van der Waals surface area contributed by atoms with E-state index in [4.69, 9.17) is 0 Å². The third-order valence-corrected chi connectivity index (χ3v) is 6.70. The van der Waals surface area contributed by atoms with Gasteiger partial charge < -0.3 is 0 Å². The minimum absolute atomic E-state index is 1.26. The first-order valence-electron chi connectivity index (χ1n) is 13.1. The van der Waals surface area contributed by atoms with Crippen LogP contribution in [-0.2, 0) is 0 Å². The Morgan fingerprint density at radius 1 is 0.237 bits per heavy atom. The zero-order chi connectivity index (χ0) is 26.2. The van der Waals surface area contributed by atoms with Crippen molar-refractivity contribution in [2.45, 2.75) is 13.8 Å². The highest BCUT2D eigenvalue weighted by Crippen LogP contribution is 2.27. The van der Waals surface area contributed by atoms with Gasteiger partial charge in [0.2, 0.25) is 0 Å². The van der Waals surface area contributed by atoms with Crippen LogP contribution in [0.5, 0.6) is 0 Å². The summed E-state index contributed by atoms with van der Waals surface area (Å²) < 4.78 is 0. The number of aryl methyl sites for hydroxylation is 2. The molecule has 0 radical (unpaired) electrons. The summed E-state index contributed by atoms with van der Waals surface area (Å²) in [6.45, 7) is 4.24. The Bertz CT molecular complexity index is 1580. The van der Waals surface area contributed by atoms with Gasteiger partial charge in [0, 0.05) is 0 Å². The first kappa shape index (κ1) is 25.0. The molecule has 184 valence electrons. The fourth-order valence-corrected chi connectivity index (χ4v) is 4.57. The van der Waals surface area contributed by atoms with E-state index in [1.807, 2.05) is 12.1 Å². The van der Waals surface area contributed by atoms with E-state index in [0.29, 0.717) is 0 Å². The van der Waals surface area contributed by atoms with Crippen LogP contribution in [0.3, 0.4) is 0 Å². The van der Waals surface area contributed by atoms with E-state index in [0.717, 1.165) is 0 Å². The van der Waals surface area contributed by atoms with Crippen LogP contribution in [0.1, 0.15) is 11.1 Å². The van der Waals surface area contributed by atoms with E-state index in [-0.39, 0.29) is 0 Å². The number of hydrogen-bond donors (Lipinski definition) is 0. The van der Waals surface area contributed by atoms with E-state index in [2.05, 4.69) is 159 Å². The van der Waals surface area contributed by atoms with Crippen LogP contribution in [0.4, 0.5) is 0 Å². The molecule has 0 aliphatic heterocycles. The Kier molecular flexibility index (Phi) is 7.92. The van der Waals surface area contributed by atoms with Gasteiger partial charge in [0.1, 0.15) is 0 Å². The second-order valence-corrected chi connectivity index (χ2v) is 9.63. The molecule has 0 heteroatoms. The molecule has 0 unspecified atom stereocenters. The number of hydrogen-bond acceptors (Lipinski definition) is 0. The smallest absolute Gasteiger partial charge is 0.0178 e. The van der Waals surface area contributed by atoms with Gasteiger partial charge in [-0.2, -0.15) is 0 Å². The molecule has 0 aliphatic carbocycles. The van der Waals surface area contributed by atoms with Crippen LogP contribution in [0.25, 0.3) is 44.5 Å². The minimum atomic E-state index is 1.26. The van der Waals surface area contributed by atoms with Gasteiger partial charge in [-0.15, -0.1) is 0 Å². The lowest BCUT2D eigenvalue weighted by Gasteiger charge is -2.06. The Labute approximate surface area is 226 Å². The second kappa shape index (κ2) is 12.0. The highest BCUT2D eigenvalue weighted by atomic mass is 14.1. The molecule has 0 atom stereocenters. The Hall–Kier alpha value is -4.68. The zero-order valence-electron chi connectivity index (χ0n) is 22.0. The van der Waals surface area contributed by atoms with Gasteiger partial charge in [0.25, 0.3) is 0 Å². The molecule has 0 nitrogen and oxygen atoms in total. The molecule has 0 heterocycles. The lowest BCUT2D eigenvalue weighted by molar-refractivity contribution is 1.47. The molecule has 0 aliphatic rings. The van der Waals surface area contributed by atoms with Crippen LogP contribution in [0.15, 0.2) is 158 Å². The molecule has 0 bridgehead atoms. The maximum Gasteiger partial charge on any atom is -0.0178 e. The predicted molar refractivity (Wildman–Crippen MR) is 164 cm³/mol. The third kappa shape index (κ3) is 6.35. The molecule has 0 saturated carbocycles. The molecular formula is C38H32. The van der Waals surface area contributed by atoms with Crippen molar-refractivity contribution in [1.82, 2.24) is 0 Å². The van der Waals surface area contributed by atoms with Gasteiger partial charge in [-0.3, -0.25) is 0 Å². The van der Waals surface area contributed by atoms with E-state index < -0.39 is 0 Å². The highest BCUT2D eigenvalue weighted by molar-refractivity contribution is 5.73. The fourth-order valence-electron chi connectivity index (χ4n) is 4.57. The standard InChI is InChI=1S/2C19H16/c1-15-6-5-9-19(14-15)18-12-10-17(11-13-18)16-7-3-2-4-8-16;1-15-10-12-17(13-11-15)19-9-5-8-18(14-19)16-6-3-2-4-7-16/h2*2-14H,1H3. The van der Waals surface area contributed by atoms with Gasteiger partial charge in [-0.25, -0.2) is 0 Å². The summed E-state index contributed by atoms with van der Waals surface area (Å²) in [6, 6.07) is 55.7. The van der Waals surface area contributed by atoms with Crippen LogP contribution >= 0.6 is 0 Å². The summed E-state index contributed by atoms with van der Waals surface area (Å²) in [5, 5.41) is 0. The molecule has 38 heavy (non-hydrogen) atoms. The van der Waals surface area contributed by atoms with E-state index in [1.54, 1.807) is 0 Å². The molecule has 0 aromatic heterocycles. The summed E-state index contributed by atoms with van der Waals surface area (Å²) in [6.07, 6.45) is 0. The molecule has 0 fully saturated rings. The first-order chi connectivity index (χ1) is 18.7. The summed E-state index contributed by atoms with van der Waals surface area (Å²) in [5.74, 6) is 0. The minimum Gasteiger partial charge on any atom is -0.0622 e. The lowest BCUT2D eigenvalue weighted by atomic mass is 9.99. The molecule has 0 N–H and O–H groups in total. The average molecular weight is 489 g/mol. The Balaban J connectivity index is 0.000000155. The summed E-state index contributed by atoms with van der Waals surface area (Å²) in [5.41, 5.74) is 12.7. The van der Waals surface area contributed by atoms with E-state index in [9.17, 15) is 0 Å². The zero-order valence-corrected chi connectivity index (χ0v) is 22.0. The van der Waals surface area contributed by atoms with Gasteiger partial charge in [0.15, 0.2) is 0 Å². The molecular weight excluding hydrogens is 456 g/mol. The second-order valence-electron chi connectivity index (χ2n) is 9.63. The molecule has 6 aromatic carbocycles. The van der Waals surface area contributed by atoms with Crippen molar-refractivity contribution < 1.29 is 0 Å². The SMILES string of the molecule is Cc1ccc(-c2cccc(-c3ccccc3)c2)cc1.Cc1cccc(-c2ccc(-c3ccccc3)cc2)c1. The van der Waals surface area contributed by atoms with Crippen LogP contribution in [0, 0.1) is 13.8 Å². The Morgan fingerprint density at radius 3 is 1.08 bits per heavy atom. The number of benzene rings is 6. The van der Waals surface area contributed by atoms with Crippen molar-refractivity contribution in [3.8, 4) is 44.5 Å². The summed E-state index contributed by atoms with van der Waals surface area (Å²) >= 11 is 0. The molecule has 6 aromatic rings. The van der Waals surface area contributed by atoms with Gasteiger partial charge >= 0.3 is 0 Å². The fraction of sp³-hybridized carbons (Fsp3) is 0.0526. The first-order valence-corrected chi connectivity index (χ1v) is 13.1. The topological polar surface area (TPSA) is 0 Å². The normalized spacial score (nSPS) is 10.4. The maximum absolute atomic E-state index is 2.25. The highest BCUT2D eigenvalue weighted by Gasteiger charge is 2.02. The van der Waals surface area contributed by atoms with Gasteiger partial charge in [-0.05, 0) is 64.4 Å². The average Bonchev–Trinajstić information content (AvgIpc) is 2.99. The van der Waals surface area contributed by atoms with E-state index in [1.165, 1.54) is 55.6 Å². The van der Waals surface area contributed by atoms with Crippen LogP contribution < -0.4 is 0 Å². The Morgan fingerprint density at radius 2 is 0.579 bits per heavy atom. The van der Waals surface area contributed by atoms with Crippen LogP contribution in [-0.4, -0.2) is 0 Å². The predicted octanol–water partition coefficient (Wildman–Crippen LogP) is 10.7. The van der Waals surface area contributed by atoms with Crippen molar-refractivity contribution in [2.24, 2.45) is 0 Å². The molecule has 0 amide bonds. The molecule has 0 saturated heterocycles. The lowest BCUT2D eigenvalue weighted by Crippen LogP contribution is -1.81. The summed E-state index contributed by atoms with van der Waals surface area (Å²) in [7, 11) is 0. The van der Waals surface area contributed by atoms with Gasteiger partial charge in [-0.1, -0.05) is 163 Å². The van der Waals surface area contributed by atoms with Gasteiger partial charge in [0.05, 0.1) is 0 Å². The largest absolute Gasteiger partial charge is 0.0622 e. The van der Waals surface area contributed by atoms with E-state index >= 15 is 0 Å². The molecule has 0 spiro atoms. The van der Waals surface area contributed by atoms with Crippen molar-refractivity contribution >= 4 is 0 Å². The van der Waals surface area contributed by atoms with Crippen LogP contribution in [0.2, 0.25) is 0 Å².